The number of hydrogen-bond acceptors (Lipinski definition) is 3. The summed E-state index contributed by atoms with van der Waals surface area (Å²) in [5, 5.41) is 0.534. The van der Waals surface area contributed by atoms with E-state index in [4.69, 9.17) is 16.3 Å². The van der Waals surface area contributed by atoms with Crippen molar-refractivity contribution in [1.82, 2.24) is 4.90 Å². The second-order valence-corrected chi connectivity index (χ2v) is 5.04. The fraction of sp³-hybridized carbons (Fsp3) is 0.462. The molecule has 0 aromatic heterocycles. The first-order valence-corrected chi connectivity index (χ1v) is 5.96. The summed E-state index contributed by atoms with van der Waals surface area (Å²) in [5.41, 5.74) is 1.61. The SMILES string of the molecule is COc1ccc(Cl)c2c1CC(CN(C)C)C2=O. The van der Waals surface area contributed by atoms with Crippen LogP contribution in [0.1, 0.15) is 15.9 Å². The highest BCUT2D eigenvalue weighted by atomic mass is 35.5. The Morgan fingerprint density at radius 3 is 2.76 bits per heavy atom. The van der Waals surface area contributed by atoms with Gasteiger partial charge in [0.05, 0.1) is 12.1 Å². The summed E-state index contributed by atoms with van der Waals surface area (Å²) < 4.78 is 5.29. The molecule has 1 aromatic carbocycles. The van der Waals surface area contributed by atoms with Crippen molar-refractivity contribution in [1.29, 1.82) is 0 Å². The molecule has 1 aliphatic rings. The van der Waals surface area contributed by atoms with Crippen molar-refractivity contribution in [3.05, 3.63) is 28.3 Å². The third kappa shape index (κ3) is 2.17. The summed E-state index contributed by atoms with van der Waals surface area (Å²) in [4.78, 5) is 14.3. The third-order valence-electron chi connectivity index (χ3n) is 3.09. The maximum absolute atomic E-state index is 12.3. The Balaban J connectivity index is 2.39. The van der Waals surface area contributed by atoms with Gasteiger partial charge in [-0.25, -0.2) is 0 Å². The number of methoxy groups -OCH3 is 1. The van der Waals surface area contributed by atoms with Crippen molar-refractivity contribution >= 4 is 17.4 Å². The van der Waals surface area contributed by atoms with Crippen molar-refractivity contribution < 1.29 is 9.53 Å². The molecule has 4 heteroatoms. The van der Waals surface area contributed by atoms with Gasteiger partial charge in [-0.2, -0.15) is 0 Å². The molecule has 3 nitrogen and oxygen atoms in total. The highest BCUT2D eigenvalue weighted by Gasteiger charge is 2.34. The molecular formula is C13H16ClNO2. The van der Waals surface area contributed by atoms with E-state index < -0.39 is 0 Å². The molecule has 17 heavy (non-hydrogen) atoms. The fourth-order valence-electron chi connectivity index (χ4n) is 2.39. The Morgan fingerprint density at radius 2 is 2.18 bits per heavy atom. The molecule has 1 aliphatic carbocycles. The number of hydrogen-bond donors (Lipinski definition) is 0. The van der Waals surface area contributed by atoms with Crippen LogP contribution in [0.3, 0.4) is 0 Å². The van der Waals surface area contributed by atoms with Crippen LogP contribution < -0.4 is 4.74 Å². The van der Waals surface area contributed by atoms with E-state index in [1.165, 1.54) is 0 Å². The van der Waals surface area contributed by atoms with Crippen LogP contribution in [0.25, 0.3) is 0 Å². The number of Topliss-reactive ketones (excluding diaryl/α,β-unsaturated/α-hetero) is 1. The van der Waals surface area contributed by atoms with Gasteiger partial charge in [-0.1, -0.05) is 11.6 Å². The Morgan fingerprint density at radius 1 is 1.47 bits per heavy atom. The second kappa shape index (κ2) is 4.67. The van der Waals surface area contributed by atoms with Crippen LogP contribution >= 0.6 is 11.6 Å². The molecule has 2 rings (SSSR count). The molecule has 0 N–H and O–H groups in total. The van der Waals surface area contributed by atoms with Gasteiger partial charge < -0.3 is 9.64 Å². The van der Waals surface area contributed by atoms with E-state index in [0.717, 1.165) is 24.3 Å². The van der Waals surface area contributed by atoms with Crippen molar-refractivity contribution in [2.45, 2.75) is 6.42 Å². The van der Waals surface area contributed by atoms with E-state index in [1.807, 2.05) is 25.1 Å². The van der Waals surface area contributed by atoms with Gasteiger partial charge in [-0.05, 0) is 32.6 Å². The largest absolute Gasteiger partial charge is 0.496 e. The van der Waals surface area contributed by atoms with Gasteiger partial charge in [-0.3, -0.25) is 4.79 Å². The summed E-state index contributed by atoms with van der Waals surface area (Å²) in [6.45, 7) is 0.743. The zero-order valence-electron chi connectivity index (χ0n) is 10.3. The van der Waals surface area contributed by atoms with E-state index in [2.05, 4.69) is 0 Å². The molecule has 0 amide bonds. The summed E-state index contributed by atoms with van der Waals surface area (Å²) >= 11 is 6.11. The molecule has 0 bridgehead atoms. The zero-order valence-corrected chi connectivity index (χ0v) is 11.0. The number of ether oxygens (including phenoxy) is 1. The van der Waals surface area contributed by atoms with Crippen LogP contribution in [0.15, 0.2) is 12.1 Å². The molecule has 1 unspecified atom stereocenters. The maximum atomic E-state index is 12.3. The number of nitrogens with zero attached hydrogens (tertiary/aromatic N) is 1. The molecule has 0 aliphatic heterocycles. The Labute approximate surface area is 106 Å². The van der Waals surface area contributed by atoms with Crippen LogP contribution in [-0.2, 0) is 6.42 Å². The van der Waals surface area contributed by atoms with Gasteiger partial charge in [0.1, 0.15) is 5.75 Å². The maximum Gasteiger partial charge on any atom is 0.169 e. The summed E-state index contributed by atoms with van der Waals surface area (Å²) in [6, 6.07) is 3.56. The lowest BCUT2D eigenvalue weighted by Gasteiger charge is -2.14. The molecule has 1 aromatic rings. The topological polar surface area (TPSA) is 29.5 Å². The number of halogens is 1. The number of carbonyl (C=O) groups is 1. The monoisotopic (exact) mass is 253 g/mol. The van der Waals surface area contributed by atoms with Gasteiger partial charge in [0.15, 0.2) is 5.78 Å². The van der Waals surface area contributed by atoms with Crippen molar-refractivity contribution in [3.63, 3.8) is 0 Å². The first-order valence-electron chi connectivity index (χ1n) is 5.59. The minimum Gasteiger partial charge on any atom is -0.496 e. The summed E-state index contributed by atoms with van der Waals surface area (Å²) in [6.07, 6.45) is 0.718. The zero-order chi connectivity index (χ0) is 12.6. The molecule has 0 saturated heterocycles. The average molecular weight is 254 g/mol. The molecule has 0 fully saturated rings. The van der Waals surface area contributed by atoms with Crippen LogP contribution in [0.2, 0.25) is 5.02 Å². The second-order valence-electron chi connectivity index (χ2n) is 4.63. The first-order chi connectivity index (χ1) is 8.04. The standard InChI is InChI=1S/C13H16ClNO2/c1-15(2)7-8-6-9-11(17-3)5-4-10(14)12(9)13(8)16/h4-5,8H,6-7H2,1-3H3. The van der Waals surface area contributed by atoms with Gasteiger partial charge in [0, 0.05) is 23.6 Å². The number of fused-ring (bicyclic) bond motifs is 1. The molecule has 0 radical (unpaired) electrons. The number of benzene rings is 1. The van der Waals surface area contributed by atoms with E-state index >= 15 is 0 Å². The molecular weight excluding hydrogens is 238 g/mol. The van der Waals surface area contributed by atoms with E-state index in [1.54, 1.807) is 13.2 Å². The quantitative estimate of drug-likeness (QED) is 0.828. The Hall–Kier alpha value is -1.06. The summed E-state index contributed by atoms with van der Waals surface area (Å²) in [7, 11) is 5.55. The molecule has 0 saturated carbocycles. The van der Waals surface area contributed by atoms with Crippen molar-refractivity contribution in [2.75, 3.05) is 27.7 Å². The van der Waals surface area contributed by atoms with Crippen LogP contribution in [0.4, 0.5) is 0 Å². The third-order valence-corrected chi connectivity index (χ3v) is 3.41. The Kier molecular flexibility index (Phi) is 3.40. The number of rotatable bonds is 3. The summed E-state index contributed by atoms with van der Waals surface area (Å²) in [5.74, 6) is 0.894. The highest BCUT2D eigenvalue weighted by Crippen LogP contribution is 2.38. The van der Waals surface area contributed by atoms with Gasteiger partial charge in [-0.15, -0.1) is 0 Å². The first kappa shape index (κ1) is 12.4. The molecule has 0 heterocycles. The highest BCUT2D eigenvalue weighted by molar-refractivity contribution is 6.34. The Bertz CT molecular complexity index is 457. The van der Waals surface area contributed by atoms with Gasteiger partial charge >= 0.3 is 0 Å². The normalized spacial score (nSPS) is 18.6. The molecule has 92 valence electrons. The van der Waals surface area contributed by atoms with Gasteiger partial charge in [0.25, 0.3) is 0 Å². The predicted molar refractivity (Wildman–Crippen MR) is 68.1 cm³/mol. The van der Waals surface area contributed by atoms with Crippen molar-refractivity contribution in [2.24, 2.45) is 5.92 Å². The fourth-order valence-corrected chi connectivity index (χ4v) is 2.66. The minimum absolute atomic E-state index is 0.00574. The van der Waals surface area contributed by atoms with E-state index in [0.29, 0.717) is 10.6 Å². The van der Waals surface area contributed by atoms with E-state index in [-0.39, 0.29) is 11.7 Å². The lowest BCUT2D eigenvalue weighted by Crippen LogP contribution is -2.25. The lowest BCUT2D eigenvalue weighted by atomic mass is 10.1. The van der Waals surface area contributed by atoms with Crippen LogP contribution in [0.5, 0.6) is 5.75 Å². The van der Waals surface area contributed by atoms with Crippen LogP contribution in [-0.4, -0.2) is 38.4 Å². The average Bonchev–Trinajstić information content (AvgIpc) is 2.57. The molecule has 1 atom stereocenters. The smallest absolute Gasteiger partial charge is 0.169 e. The van der Waals surface area contributed by atoms with Gasteiger partial charge in [0.2, 0.25) is 0 Å². The van der Waals surface area contributed by atoms with Crippen LogP contribution in [0, 0.1) is 5.92 Å². The van der Waals surface area contributed by atoms with Crippen molar-refractivity contribution in [3.8, 4) is 5.75 Å². The molecule has 0 spiro atoms. The number of carbonyl (C=O) groups excluding carboxylic acids is 1. The van der Waals surface area contributed by atoms with E-state index in [9.17, 15) is 4.79 Å². The number of ketones is 1. The minimum atomic E-state index is -0.00574. The predicted octanol–water partition coefficient (Wildman–Crippen LogP) is 2.27. The lowest BCUT2D eigenvalue weighted by molar-refractivity contribution is 0.0916.